The maximum Gasteiger partial charge on any atom is 0.237 e. The molecule has 3 heterocycles. The Labute approximate surface area is 159 Å². The number of amides is 3. The van der Waals surface area contributed by atoms with Gasteiger partial charge in [-0.05, 0) is 30.9 Å². The number of nitrogens with zero attached hydrogens (tertiary/aromatic N) is 2. The Kier molecular flexibility index (Phi) is 4.66. The van der Waals surface area contributed by atoms with Crippen LogP contribution in [-0.2, 0) is 19.8 Å². The van der Waals surface area contributed by atoms with Crippen molar-refractivity contribution in [2.45, 2.75) is 56.9 Å². The Morgan fingerprint density at radius 3 is 2.81 bits per heavy atom. The lowest BCUT2D eigenvalue weighted by molar-refractivity contribution is -0.134. The minimum Gasteiger partial charge on any atom is -0.342 e. The fourth-order valence-corrected chi connectivity index (χ4v) is 5.09. The Morgan fingerprint density at radius 2 is 2.07 bits per heavy atom. The lowest BCUT2D eigenvalue weighted by atomic mass is 9.73. The third-order valence-electron chi connectivity index (χ3n) is 6.40. The smallest absolute Gasteiger partial charge is 0.237 e. The zero-order valence-corrected chi connectivity index (χ0v) is 15.9. The molecule has 1 aromatic carbocycles. The van der Waals surface area contributed by atoms with Gasteiger partial charge in [0.05, 0.1) is 11.5 Å². The summed E-state index contributed by atoms with van der Waals surface area (Å²) < 4.78 is 0. The van der Waals surface area contributed by atoms with Crippen molar-refractivity contribution in [2.24, 2.45) is 0 Å². The number of likely N-dealkylation sites (tertiary alicyclic amines) is 2. The molecule has 3 aliphatic rings. The highest BCUT2D eigenvalue weighted by atomic mass is 16.2. The van der Waals surface area contributed by atoms with Gasteiger partial charge in [0, 0.05) is 38.2 Å². The molecule has 4 rings (SSSR count). The number of rotatable bonds is 5. The van der Waals surface area contributed by atoms with Gasteiger partial charge in [-0.3, -0.25) is 14.4 Å². The highest BCUT2D eigenvalue weighted by Gasteiger charge is 2.58. The van der Waals surface area contributed by atoms with Crippen LogP contribution in [0.25, 0.3) is 0 Å². The number of para-hydroxylation sites is 1. The van der Waals surface area contributed by atoms with Crippen LogP contribution in [0.5, 0.6) is 0 Å². The van der Waals surface area contributed by atoms with Gasteiger partial charge in [0.2, 0.25) is 17.7 Å². The quantitative estimate of drug-likeness (QED) is 0.866. The highest BCUT2D eigenvalue weighted by molar-refractivity contribution is 6.07. The highest BCUT2D eigenvalue weighted by Crippen LogP contribution is 2.49. The van der Waals surface area contributed by atoms with Gasteiger partial charge in [-0.1, -0.05) is 31.5 Å². The Hall–Kier alpha value is -2.37. The largest absolute Gasteiger partial charge is 0.342 e. The lowest BCUT2D eigenvalue weighted by Crippen LogP contribution is -2.49. The molecule has 3 amide bonds. The van der Waals surface area contributed by atoms with Gasteiger partial charge in [0.15, 0.2) is 0 Å². The first-order chi connectivity index (χ1) is 13.1. The second-order valence-corrected chi connectivity index (χ2v) is 7.85. The number of carbonyl (C=O) groups is 3. The molecule has 27 heavy (non-hydrogen) atoms. The van der Waals surface area contributed by atoms with Crippen molar-refractivity contribution in [3.63, 3.8) is 0 Å². The van der Waals surface area contributed by atoms with E-state index in [1.54, 1.807) is 4.90 Å². The normalized spacial score (nSPS) is 26.8. The Bertz CT molecular complexity index is 778. The van der Waals surface area contributed by atoms with E-state index in [0.29, 0.717) is 32.4 Å². The fourth-order valence-electron chi connectivity index (χ4n) is 5.09. The monoisotopic (exact) mass is 369 g/mol. The minimum absolute atomic E-state index is 0.0205. The zero-order valence-electron chi connectivity index (χ0n) is 15.9. The lowest BCUT2D eigenvalue weighted by Gasteiger charge is -2.34. The van der Waals surface area contributed by atoms with Crippen LogP contribution in [0.2, 0.25) is 0 Å². The molecule has 1 N–H and O–H groups in total. The van der Waals surface area contributed by atoms with Crippen LogP contribution in [0.1, 0.15) is 51.0 Å². The van der Waals surface area contributed by atoms with Crippen LogP contribution in [0.15, 0.2) is 24.3 Å². The maximum absolute atomic E-state index is 13.0. The van der Waals surface area contributed by atoms with Gasteiger partial charge >= 0.3 is 0 Å². The molecule has 0 aliphatic carbocycles. The number of hydrogen-bond acceptors (Lipinski definition) is 3. The molecule has 0 unspecified atom stereocenters. The van der Waals surface area contributed by atoms with Crippen molar-refractivity contribution < 1.29 is 14.4 Å². The van der Waals surface area contributed by atoms with Gasteiger partial charge in [-0.25, -0.2) is 0 Å². The van der Waals surface area contributed by atoms with Gasteiger partial charge in [0.25, 0.3) is 0 Å². The van der Waals surface area contributed by atoms with E-state index in [1.807, 2.05) is 29.2 Å². The number of anilines is 1. The predicted molar refractivity (Wildman–Crippen MR) is 102 cm³/mol. The SMILES string of the molecule is CCC[C@@H]1N(C(=O)CCN2CCCC2=O)CC[C@]12C(=O)Nc1ccccc12. The van der Waals surface area contributed by atoms with E-state index in [4.69, 9.17) is 0 Å². The molecule has 2 saturated heterocycles. The first kappa shape index (κ1) is 18.0. The van der Waals surface area contributed by atoms with Crippen LogP contribution in [-0.4, -0.2) is 53.2 Å². The molecule has 0 bridgehead atoms. The summed E-state index contributed by atoms with van der Waals surface area (Å²) in [4.78, 5) is 41.5. The summed E-state index contributed by atoms with van der Waals surface area (Å²) in [6.45, 7) is 3.93. The molecule has 3 aliphatic heterocycles. The molecular formula is C21H27N3O3. The third kappa shape index (κ3) is 2.82. The standard InChI is InChI=1S/C21H27N3O3/c1-2-6-17-21(15-7-3-4-8-16(15)22-20(21)27)11-14-24(17)19(26)10-13-23-12-5-9-18(23)25/h3-4,7-8,17H,2,5-6,9-14H2,1H3,(H,22,27)/t17-,21+/m0/s1. The summed E-state index contributed by atoms with van der Waals surface area (Å²) in [6.07, 6.45) is 4.19. The van der Waals surface area contributed by atoms with Crippen LogP contribution in [0, 0.1) is 0 Å². The number of nitrogens with one attached hydrogen (secondary N) is 1. The number of fused-ring (bicyclic) bond motifs is 2. The van der Waals surface area contributed by atoms with Crippen molar-refractivity contribution in [3.05, 3.63) is 29.8 Å². The van der Waals surface area contributed by atoms with E-state index in [9.17, 15) is 14.4 Å². The summed E-state index contributed by atoms with van der Waals surface area (Å²) in [5.74, 6) is 0.226. The first-order valence-corrected chi connectivity index (χ1v) is 10.1. The van der Waals surface area contributed by atoms with Crippen molar-refractivity contribution in [3.8, 4) is 0 Å². The van der Waals surface area contributed by atoms with Crippen molar-refractivity contribution in [2.75, 3.05) is 25.0 Å². The van der Waals surface area contributed by atoms with Gasteiger partial charge in [-0.15, -0.1) is 0 Å². The summed E-state index contributed by atoms with van der Waals surface area (Å²) in [7, 11) is 0. The fraction of sp³-hybridized carbons (Fsp3) is 0.571. The second kappa shape index (κ2) is 6.98. The van der Waals surface area contributed by atoms with Crippen LogP contribution >= 0.6 is 0 Å². The molecule has 1 aromatic rings. The van der Waals surface area contributed by atoms with Crippen LogP contribution in [0.3, 0.4) is 0 Å². The van der Waals surface area contributed by atoms with E-state index < -0.39 is 5.41 Å². The predicted octanol–water partition coefficient (Wildman–Crippen LogP) is 2.29. The maximum atomic E-state index is 13.0. The van der Waals surface area contributed by atoms with Crippen LogP contribution in [0.4, 0.5) is 5.69 Å². The topological polar surface area (TPSA) is 69.7 Å². The molecular weight excluding hydrogens is 342 g/mol. The summed E-state index contributed by atoms with van der Waals surface area (Å²) in [5.41, 5.74) is 1.27. The Balaban J connectivity index is 1.56. The van der Waals surface area contributed by atoms with Crippen LogP contribution < -0.4 is 5.32 Å². The van der Waals surface area contributed by atoms with Gasteiger partial charge in [0.1, 0.15) is 0 Å². The molecule has 144 valence electrons. The van der Waals surface area contributed by atoms with Crippen molar-refractivity contribution in [1.82, 2.24) is 9.80 Å². The van der Waals surface area contributed by atoms with E-state index in [2.05, 4.69) is 12.2 Å². The number of hydrogen-bond donors (Lipinski definition) is 1. The second-order valence-electron chi connectivity index (χ2n) is 7.85. The molecule has 2 fully saturated rings. The minimum atomic E-state index is -0.633. The van der Waals surface area contributed by atoms with Crippen molar-refractivity contribution >= 4 is 23.4 Å². The van der Waals surface area contributed by atoms with E-state index in [0.717, 1.165) is 37.1 Å². The summed E-state index contributed by atoms with van der Waals surface area (Å²) >= 11 is 0. The summed E-state index contributed by atoms with van der Waals surface area (Å²) in [6, 6.07) is 7.74. The molecule has 6 nitrogen and oxygen atoms in total. The molecule has 2 atom stereocenters. The van der Waals surface area contributed by atoms with E-state index in [-0.39, 0.29) is 23.8 Å². The number of carbonyl (C=O) groups excluding carboxylic acids is 3. The number of benzene rings is 1. The molecule has 0 aromatic heterocycles. The average Bonchev–Trinajstić information content (AvgIpc) is 3.32. The first-order valence-electron chi connectivity index (χ1n) is 10.1. The van der Waals surface area contributed by atoms with Crippen molar-refractivity contribution in [1.29, 1.82) is 0 Å². The Morgan fingerprint density at radius 1 is 1.26 bits per heavy atom. The van der Waals surface area contributed by atoms with Gasteiger partial charge in [-0.2, -0.15) is 0 Å². The van der Waals surface area contributed by atoms with Gasteiger partial charge < -0.3 is 15.1 Å². The molecule has 0 saturated carbocycles. The third-order valence-corrected chi connectivity index (χ3v) is 6.40. The van der Waals surface area contributed by atoms with E-state index in [1.165, 1.54) is 0 Å². The summed E-state index contributed by atoms with van der Waals surface area (Å²) in [5, 5.41) is 3.03. The molecule has 1 spiro atoms. The zero-order chi connectivity index (χ0) is 19.0. The van der Waals surface area contributed by atoms with E-state index >= 15 is 0 Å². The average molecular weight is 369 g/mol. The molecule has 0 radical (unpaired) electrons. The molecule has 6 heteroatoms.